The summed E-state index contributed by atoms with van der Waals surface area (Å²) in [5.74, 6) is -0.949. The Morgan fingerprint density at radius 3 is 2.43 bits per heavy atom. The van der Waals surface area contributed by atoms with E-state index in [4.69, 9.17) is 5.73 Å². The fourth-order valence-corrected chi connectivity index (χ4v) is 1.80. The number of halogens is 2. The molecule has 76 valence electrons. The Balaban J connectivity index is 2.49. The first kappa shape index (κ1) is 9.59. The average molecular weight is 197 g/mol. The first-order chi connectivity index (χ1) is 6.59. The third kappa shape index (κ3) is 1.32. The Hall–Kier alpha value is -0.960. The molecule has 0 amide bonds. The number of aryl methyl sites for hydroxylation is 1. The van der Waals surface area contributed by atoms with Gasteiger partial charge in [0, 0.05) is 18.0 Å². The van der Waals surface area contributed by atoms with Crippen molar-refractivity contribution in [2.24, 2.45) is 5.73 Å². The van der Waals surface area contributed by atoms with Crippen LogP contribution in [0.25, 0.3) is 0 Å². The van der Waals surface area contributed by atoms with E-state index in [-0.39, 0.29) is 5.41 Å². The highest BCUT2D eigenvalue weighted by Gasteiger charge is 2.44. The van der Waals surface area contributed by atoms with E-state index in [0.717, 1.165) is 18.9 Å². The molecular weight excluding hydrogens is 184 g/mol. The van der Waals surface area contributed by atoms with Gasteiger partial charge in [-0.05, 0) is 37.0 Å². The SMILES string of the molecule is Cc1cc(C2(CN)CC2)c(F)cc1F. The van der Waals surface area contributed by atoms with Crippen molar-refractivity contribution >= 4 is 0 Å². The predicted molar refractivity (Wildman–Crippen MR) is 51.1 cm³/mol. The minimum absolute atomic E-state index is 0.206. The van der Waals surface area contributed by atoms with Gasteiger partial charge >= 0.3 is 0 Å². The zero-order valence-electron chi connectivity index (χ0n) is 8.11. The summed E-state index contributed by atoms with van der Waals surface area (Å²) < 4.78 is 26.5. The van der Waals surface area contributed by atoms with Crippen molar-refractivity contribution in [3.8, 4) is 0 Å². The van der Waals surface area contributed by atoms with Gasteiger partial charge in [0.05, 0.1) is 0 Å². The van der Waals surface area contributed by atoms with Crippen LogP contribution in [0.3, 0.4) is 0 Å². The van der Waals surface area contributed by atoms with E-state index in [9.17, 15) is 8.78 Å². The fraction of sp³-hybridized carbons (Fsp3) is 0.455. The largest absolute Gasteiger partial charge is 0.330 e. The molecule has 1 aliphatic rings. The molecule has 0 radical (unpaired) electrons. The molecule has 1 aliphatic carbocycles. The van der Waals surface area contributed by atoms with Crippen molar-refractivity contribution in [2.45, 2.75) is 25.2 Å². The number of hydrogen-bond acceptors (Lipinski definition) is 1. The van der Waals surface area contributed by atoms with E-state index in [2.05, 4.69) is 0 Å². The molecule has 0 heterocycles. The lowest BCUT2D eigenvalue weighted by Crippen LogP contribution is -2.21. The van der Waals surface area contributed by atoms with Crippen molar-refractivity contribution in [2.75, 3.05) is 6.54 Å². The molecule has 14 heavy (non-hydrogen) atoms. The third-order valence-electron chi connectivity index (χ3n) is 3.06. The van der Waals surface area contributed by atoms with Gasteiger partial charge in [0.1, 0.15) is 11.6 Å². The van der Waals surface area contributed by atoms with E-state index in [1.807, 2.05) is 0 Å². The molecule has 1 saturated carbocycles. The Labute approximate surface area is 81.9 Å². The van der Waals surface area contributed by atoms with Crippen molar-refractivity contribution in [3.05, 3.63) is 34.9 Å². The Kier molecular flexibility index (Phi) is 2.07. The third-order valence-corrected chi connectivity index (χ3v) is 3.06. The van der Waals surface area contributed by atoms with Crippen LogP contribution in [0.5, 0.6) is 0 Å². The standard InChI is InChI=1S/C11H13F2N/c1-7-4-8(10(13)5-9(7)12)11(6-14)2-3-11/h4-5H,2-3,6,14H2,1H3. The summed E-state index contributed by atoms with van der Waals surface area (Å²) in [4.78, 5) is 0. The normalized spacial score (nSPS) is 18.3. The number of hydrogen-bond donors (Lipinski definition) is 1. The topological polar surface area (TPSA) is 26.0 Å². The van der Waals surface area contributed by atoms with Gasteiger partial charge in [-0.25, -0.2) is 8.78 Å². The summed E-state index contributed by atoms with van der Waals surface area (Å²) in [5.41, 5.74) is 6.46. The van der Waals surface area contributed by atoms with Gasteiger partial charge in [-0.15, -0.1) is 0 Å². The van der Waals surface area contributed by atoms with Gasteiger partial charge in [0.15, 0.2) is 0 Å². The van der Waals surface area contributed by atoms with Crippen LogP contribution in [-0.2, 0) is 5.41 Å². The van der Waals surface area contributed by atoms with Crippen LogP contribution in [0.2, 0.25) is 0 Å². The first-order valence-electron chi connectivity index (χ1n) is 4.75. The molecule has 2 N–H and O–H groups in total. The average Bonchev–Trinajstić information content (AvgIpc) is 2.92. The van der Waals surface area contributed by atoms with E-state index in [1.165, 1.54) is 0 Å². The first-order valence-corrected chi connectivity index (χ1v) is 4.75. The second-order valence-electron chi connectivity index (χ2n) is 4.07. The maximum absolute atomic E-state index is 13.5. The van der Waals surface area contributed by atoms with Crippen LogP contribution in [0.15, 0.2) is 12.1 Å². The predicted octanol–water partition coefficient (Wildman–Crippen LogP) is 2.26. The van der Waals surface area contributed by atoms with Crippen molar-refractivity contribution in [1.29, 1.82) is 0 Å². The van der Waals surface area contributed by atoms with Gasteiger partial charge in [-0.3, -0.25) is 0 Å². The van der Waals surface area contributed by atoms with Crippen molar-refractivity contribution < 1.29 is 8.78 Å². The summed E-state index contributed by atoms with van der Waals surface area (Å²) in [7, 11) is 0. The van der Waals surface area contributed by atoms with E-state index >= 15 is 0 Å². The smallest absolute Gasteiger partial charge is 0.129 e. The molecule has 1 aromatic rings. The molecule has 0 saturated heterocycles. The zero-order valence-corrected chi connectivity index (χ0v) is 8.11. The molecule has 0 bridgehead atoms. The summed E-state index contributed by atoms with van der Waals surface area (Å²) in [5, 5.41) is 0. The maximum Gasteiger partial charge on any atom is 0.129 e. The van der Waals surface area contributed by atoms with Crippen LogP contribution >= 0.6 is 0 Å². The minimum Gasteiger partial charge on any atom is -0.330 e. The minimum atomic E-state index is -0.487. The number of nitrogens with two attached hydrogens (primary N) is 1. The number of rotatable bonds is 2. The second-order valence-corrected chi connectivity index (χ2v) is 4.07. The lowest BCUT2D eigenvalue weighted by Gasteiger charge is -2.14. The second kappa shape index (κ2) is 3.02. The fourth-order valence-electron chi connectivity index (χ4n) is 1.80. The summed E-state index contributed by atoms with van der Waals surface area (Å²) >= 11 is 0. The molecule has 1 fully saturated rings. The molecule has 0 unspecified atom stereocenters. The Bertz CT molecular complexity index is 370. The van der Waals surface area contributed by atoms with E-state index in [1.54, 1.807) is 13.0 Å². The molecule has 2 rings (SSSR count). The highest BCUT2D eigenvalue weighted by molar-refractivity contribution is 5.36. The van der Waals surface area contributed by atoms with Crippen LogP contribution < -0.4 is 5.73 Å². The highest BCUT2D eigenvalue weighted by Crippen LogP contribution is 2.48. The lowest BCUT2D eigenvalue weighted by molar-refractivity contribution is 0.545. The Morgan fingerprint density at radius 2 is 1.93 bits per heavy atom. The molecule has 1 nitrogen and oxygen atoms in total. The molecular formula is C11H13F2N. The van der Waals surface area contributed by atoms with Gasteiger partial charge < -0.3 is 5.73 Å². The molecule has 1 aromatic carbocycles. The molecule has 0 aliphatic heterocycles. The van der Waals surface area contributed by atoms with Crippen LogP contribution in [0.1, 0.15) is 24.0 Å². The quantitative estimate of drug-likeness (QED) is 0.773. The Morgan fingerprint density at radius 1 is 1.29 bits per heavy atom. The highest BCUT2D eigenvalue weighted by atomic mass is 19.1. The lowest BCUT2D eigenvalue weighted by atomic mass is 9.94. The zero-order chi connectivity index (χ0) is 10.3. The van der Waals surface area contributed by atoms with E-state index < -0.39 is 11.6 Å². The summed E-state index contributed by atoms with van der Waals surface area (Å²) in [6, 6.07) is 2.55. The molecule has 3 heteroatoms. The monoisotopic (exact) mass is 197 g/mol. The summed E-state index contributed by atoms with van der Waals surface area (Å²) in [6.45, 7) is 2.08. The molecule has 0 spiro atoms. The summed E-state index contributed by atoms with van der Waals surface area (Å²) in [6.07, 6.45) is 1.82. The van der Waals surface area contributed by atoms with Crippen molar-refractivity contribution in [1.82, 2.24) is 0 Å². The van der Waals surface area contributed by atoms with Gasteiger partial charge in [0.25, 0.3) is 0 Å². The van der Waals surface area contributed by atoms with Crippen LogP contribution in [0.4, 0.5) is 8.78 Å². The molecule has 0 aromatic heterocycles. The van der Waals surface area contributed by atoms with Gasteiger partial charge in [0.2, 0.25) is 0 Å². The molecule has 0 atom stereocenters. The van der Waals surface area contributed by atoms with Crippen molar-refractivity contribution in [3.63, 3.8) is 0 Å². The van der Waals surface area contributed by atoms with Gasteiger partial charge in [-0.1, -0.05) is 0 Å². The van der Waals surface area contributed by atoms with E-state index in [0.29, 0.717) is 17.7 Å². The van der Waals surface area contributed by atoms with Gasteiger partial charge in [-0.2, -0.15) is 0 Å². The van der Waals surface area contributed by atoms with Crippen LogP contribution in [0, 0.1) is 18.6 Å². The van der Waals surface area contributed by atoms with Crippen LogP contribution in [-0.4, -0.2) is 6.54 Å². The number of benzene rings is 1. The maximum atomic E-state index is 13.5.